The number of carboxylic acids is 1. The van der Waals surface area contributed by atoms with Gasteiger partial charge >= 0.3 is 5.97 Å². The zero-order chi connectivity index (χ0) is 19.1. The number of hydrogen-bond donors (Lipinski definition) is 1. The van der Waals surface area contributed by atoms with Crippen LogP contribution in [-0.4, -0.2) is 11.1 Å². The third-order valence-corrected chi connectivity index (χ3v) is 5.59. The van der Waals surface area contributed by atoms with Crippen LogP contribution in [0.25, 0.3) is 17.4 Å². The second-order valence-corrected chi connectivity index (χ2v) is 7.34. The number of benzene rings is 2. The van der Waals surface area contributed by atoms with Crippen molar-refractivity contribution in [2.45, 2.75) is 25.7 Å². The van der Waals surface area contributed by atoms with Gasteiger partial charge in [-0.15, -0.1) is 0 Å². The molecule has 4 bridgehead atoms. The standard InChI is InChI=1S/C25H20O3/c26-24(27)12-11-16-7-5-6-9-19(16)17-8-3-1-2-4-10-20-18-14-22-25(21(20)13-17)23(15-18)28-22/h1-9,13-14H,10-12,15H2,(H,26,27)/b3-1-,4-2-,17-8?,21-13?. The summed E-state index contributed by atoms with van der Waals surface area (Å²) in [6.07, 6.45) is 15.2. The predicted octanol–water partition coefficient (Wildman–Crippen LogP) is 3.29. The van der Waals surface area contributed by atoms with Crippen molar-refractivity contribution in [3.63, 3.8) is 0 Å². The molecule has 2 aromatic rings. The Morgan fingerprint density at radius 3 is 2.86 bits per heavy atom. The number of hydrogen-bond acceptors (Lipinski definition) is 2. The highest BCUT2D eigenvalue weighted by molar-refractivity contribution is 5.91. The lowest BCUT2D eigenvalue weighted by Gasteiger charge is -2.30. The fraction of sp³-hybridized carbons (Fsp3) is 0.160. The number of aliphatic carboxylic acids is 1. The lowest BCUT2D eigenvalue weighted by atomic mass is 9.86. The molecule has 138 valence electrons. The molecule has 3 heteroatoms. The van der Waals surface area contributed by atoms with Crippen LogP contribution < -0.4 is 15.2 Å². The van der Waals surface area contributed by atoms with Crippen LogP contribution in [-0.2, 0) is 24.1 Å². The van der Waals surface area contributed by atoms with Crippen molar-refractivity contribution in [1.29, 1.82) is 0 Å². The molecule has 1 N–H and O–H groups in total. The highest BCUT2D eigenvalue weighted by atomic mass is 16.5. The Labute approximate surface area is 163 Å². The monoisotopic (exact) mass is 368 g/mol. The van der Waals surface area contributed by atoms with Gasteiger partial charge in [-0.2, -0.15) is 0 Å². The smallest absolute Gasteiger partial charge is 0.303 e. The Balaban J connectivity index is 1.71. The summed E-state index contributed by atoms with van der Waals surface area (Å²) in [5.74, 6) is 1.30. The quantitative estimate of drug-likeness (QED) is 0.901. The summed E-state index contributed by atoms with van der Waals surface area (Å²) in [6, 6.07) is 10.3. The van der Waals surface area contributed by atoms with Crippen LogP contribution in [0.3, 0.4) is 0 Å². The molecule has 28 heavy (non-hydrogen) atoms. The van der Waals surface area contributed by atoms with Crippen LogP contribution in [0.1, 0.15) is 28.7 Å². The average Bonchev–Trinajstić information content (AvgIpc) is 2.70. The van der Waals surface area contributed by atoms with E-state index >= 15 is 0 Å². The van der Waals surface area contributed by atoms with Crippen molar-refractivity contribution in [2.24, 2.45) is 0 Å². The summed E-state index contributed by atoms with van der Waals surface area (Å²) < 4.78 is 5.76. The lowest BCUT2D eigenvalue weighted by Crippen LogP contribution is -2.45. The summed E-state index contributed by atoms with van der Waals surface area (Å²) in [5.41, 5.74) is 5.96. The minimum Gasteiger partial charge on any atom is -0.481 e. The molecular weight excluding hydrogens is 348 g/mol. The van der Waals surface area contributed by atoms with Crippen LogP contribution in [0, 0.1) is 0 Å². The maximum atomic E-state index is 11.1. The Morgan fingerprint density at radius 1 is 1.14 bits per heavy atom. The van der Waals surface area contributed by atoms with Gasteiger partial charge in [0, 0.05) is 12.8 Å². The zero-order valence-corrected chi connectivity index (χ0v) is 15.4. The fourth-order valence-corrected chi connectivity index (χ4v) is 4.26. The van der Waals surface area contributed by atoms with Gasteiger partial charge in [-0.25, -0.2) is 0 Å². The van der Waals surface area contributed by atoms with E-state index in [9.17, 15) is 4.79 Å². The first-order valence-electron chi connectivity index (χ1n) is 9.62. The van der Waals surface area contributed by atoms with Gasteiger partial charge < -0.3 is 9.84 Å². The number of ether oxygens (including phenoxy) is 1. The largest absolute Gasteiger partial charge is 0.481 e. The second kappa shape index (κ2) is 6.68. The van der Waals surface area contributed by atoms with Gasteiger partial charge in [-0.3, -0.25) is 4.79 Å². The molecule has 2 heterocycles. The number of aryl methyl sites for hydroxylation is 1. The van der Waals surface area contributed by atoms with Crippen LogP contribution in [0.2, 0.25) is 0 Å². The van der Waals surface area contributed by atoms with E-state index in [1.807, 2.05) is 30.4 Å². The minimum absolute atomic E-state index is 0.130. The van der Waals surface area contributed by atoms with Crippen molar-refractivity contribution in [3.05, 3.63) is 93.4 Å². The van der Waals surface area contributed by atoms with Gasteiger partial charge in [-0.05, 0) is 58.0 Å². The molecule has 7 rings (SSSR count). The third-order valence-electron chi connectivity index (χ3n) is 5.59. The number of allylic oxidation sites excluding steroid dienone is 6. The van der Waals surface area contributed by atoms with Crippen LogP contribution in [0.5, 0.6) is 5.75 Å². The van der Waals surface area contributed by atoms with Gasteiger partial charge in [0.05, 0.1) is 5.22 Å². The van der Waals surface area contributed by atoms with Gasteiger partial charge in [0.2, 0.25) is 0 Å². The Bertz CT molecular complexity index is 1210. The van der Waals surface area contributed by atoms with E-state index in [4.69, 9.17) is 9.84 Å². The van der Waals surface area contributed by atoms with Crippen LogP contribution in [0.4, 0.5) is 0 Å². The van der Waals surface area contributed by atoms with E-state index in [1.165, 1.54) is 21.6 Å². The molecule has 0 atom stereocenters. The number of carbonyl (C=O) groups is 1. The van der Waals surface area contributed by atoms with Gasteiger partial charge in [0.25, 0.3) is 0 Å². The highest BCUT2D eigenvalue weighted by Crippen LogP contribution is 2.31. The molecule has 0 amide bonds. The number of rotatable bonds is 4. The summed E-state index contributed by atoms with van der Waals surface area (Å²) >= 11 is 0. The molecule has 0 spiro atoms. The van der Waals surface area contributed by atoms with Crippen LogP contribution in [0.15, 0.2) is 60.7 Å². The summed E-state index contributed by atoms with van der Waals surface area (Å²) in [4.78, 5) is 11.1. The van der Waals surface area contributed by atoms with Crippen molar-refractivity contribution in [1.82, 2.24) is 0 Å². The minimum atomic E-state index is -0.772. The topological polar surface area (TPSA) is 46.5 Å². The predicted molar refractivity (Wildman–Crippen MR) is 110 cm³/mol. The Hall–Kier alpha value is -3.33. The molecule has 3 nitrogen and oxygen atoms in total. The van der Waals surface area contributed by atoms with Crippen molar-refractivity contribution < 1.29 is 14.6 Å². The van der Waals surface area contributed by atoms with E-state index < -0.39 is 5.97 Å². The first kappa shape index (κ1) is 16.8. The summed E-state index contributed by atoms with van der Waals surface area (Å²) in [6.45, 7) is 0. The SMILES string of the molecule is O=C(O)CCc1ccccc1C1=C/C=C\C=C/Cc2c3cc4c(c2=C1)=C(C3)O4. The fourth-order valence-electron chi connectivity index (χ4n) is 4.26. The molecule has 0 saturated heterocycles. The number of carboxylic acid groups (broad SMARTS) is 1. The van der Waals surface area contributed by atoms with E-state index in [2.05, 4.69) is 36.4 Å². The van der Waals surface area contributed by atoms with Crippen molar-refractivity contribution in [3.8, 4) is 5.75 Å². The van der Waals surface area contributed by atoms with Crippen molar-refractivity contribution in [2.75, 3.05) is 0 Å². The molecule has 5 aliphatic rings. The molecular formula is C25H20O3. The third kappa shape index (κ3) is 2.80. The van der Waals surface area contributed by atoms with Crippen LogP contribution >= 0.6 is 0 Å². The first-order chi connectivity index (χ1) is 13.7. The first-order valence-corrected chi connectivity index (χ1v) is 9.62. The molecule has 0 saturated carbocycles. The molecule has 0 fully saturated rings. The van der Waals surface area contributed by atoms with Gasteiger partial charge in [0.1, 0.15) is 11.5 Å². The molecule has 0 aromatic heterocycles. The highest BCUT2D eigenvalue weighted by Gasteiger charge is 2.28. The molecule has 2 aromatic carbocycles. The van der Waals surface area contributed by atoms with Gasteiger partial charge in [-0.1, -0.05) is 54.6 Å². The normalized spacial score (nSPS) is 18.1. The molecule has 3 aliphatic carbocycles. The molecule has 2 aliphatic heterocycles. The van der Waals surface area contributed by atoms with Crippen molar-refractivity contribution >= 4 is 23.4 Å². The lowest BCUT2D eigenvalue weighted by molar-refractivity contribution is -0.136. The van der Waals surface area contributed by atoms with Gasteiger partial charge in [0.15, 0.2) is 0 Å². The molecule has 0 radical (unpaired) electrons. The summed E-state index contributed by atoms with van der Waals surface area (Å²) in [5, 5.41) is 11.6. The summed E-state index contributed by atoms with van der Waals surface area (Å²) in [7, 11) is 0. The van der Waals surface area contributed by atoms with E-state index in [-0.39, 0.29) is 6.42 Å². The molecule has 0 unspecified atom stereocenters. The van der Waals surface area contributed by atoms with E-state index in [0.717, 1.165) is 41.1 Å². The van der Waals surface area contributed by atoms with E-state index in [0.29, 0.717) is 6.42 Å². The van der Waals surface area contributed by atoms with E-state index in [1.54, 1.807) is 0 Å². The Kier molecular flexibility index (Phi) is 4.01. The maximum absolute atomic E-state index is 11.1. The average molecular weight is 368 g/mol. The zero-order valence-electron chi connectivity index (χ0n) is 15.4. The second-order valence-electron chi connectivity index (χ2n) is 7.34. The maximum Gasteiger partial charge on any atom is 0.303 e. The Morgan fingerprint density at radius 2 is 2.04 bits per heavy atom.